The summed E-state index contributed by atoms with van der Waals surface area (Å²) in [7, 11) is 1.69. The normalized spacial score (nSPS) is 13.1. The van der Waals surface area contributed by atoms with Gasteiger partial charge in [0, 0.05) is 7.11 Å². The molecule has 112 valence electrons. The van der Waals surface area contributed by atoms with Gasteiger partial charge in [-0.1, -0.05) is 42.5 Å². The first-order valence-electron chi connectivity index (χ1n) is 7.34. The number of rotatable bonds is 7. The first kappa shape index (κ1) is 15.9. The third-order valence-corrected chi connectivity index (χ3v) is 3.79. The van der Waals surface area contributed by atoms with E-state index in [1.54, 1.807) is 13.2 Å². The molecule has 0 spiro atoms. The Kier molecular flexibility index (Phi) is 5.88. The first-order valence-corrected chi connectivity index (χ1v) is 7.34. The molecule has 0 saturated heterocycles. The quantitative estimate of drug-likeness (QED) is 0.779. The Morgan fingerprint density at radius 2 is 1.95 bits per heavy atom. The van der Waals surface area contributed by atoms with Crippen molar-refractivity contribution in [1.29, 1.82) is 10.7 Å². The van der Waals surface area contributed by atoms with E-state index in [4.69, 9.17) is 15.4 Å². The lowest BCUT2D eigenvalue weighted by Crippen LogP contribution is -2.18. The second kappa shape index (κ2) is 8.11. The highest BCUT2D eigenvalue weighted by molar-refractivity contribution is 5.53. The van der Waals surface area contributed by atoms with Gasteiger partial charge >= 0.3 is 0 Å². The molecule has 0 bridgehead atoms. The van der Waals surface area contributed by atoms with Crippen LogP contribution < -0.4 is 0 Å². The van der Waals surface area contributed by atoms with Crippen LogP contribution in [-0.4, -0.2) is 13.3 Å². The molecule has 0 amide bonds. The lowest BCUT2D eigenvalue weighted by Gasteiger charge is -2.25. The molecule has 2 aromatic carbocycles. The van der Waals surface area contributed by atoms with Crippen LogP contribution in [-0.2, 0) is 11.2 Å². The maximum Gasteiger partial charge on any atom is 0.0991 e. The largest absolute Gasteiger partial charge is 0.376 e. The third kappa shape index (κ3) is 4.03. The molecule has 2 aromatic rings. The SMILES string of the molecule is COC(c1cccc(C#N)c1)C(CC=N)Cc1ccccc1. The number of hydrogen-bond acceptors (Lipinski definition) is 3. The monoisotopic (exact) mass is 292 g/mol. The van der Waals surface area contributed by atoms with Gasteiger partial charge < -0.3 is 10.1 Å². The Labute approximate surface area is 131 Å². The molecule has 0 aliphatic rings. The molecule has 0 fully saturated rings. The van der Waals surface area contributed by atoms with Crippen molar-refractivity contribution in [2.24, 2.45) is 5.92 Å². The van der Waals surface area contributed by atoms with Crippen molar-refractivity contribution in [3.63, 3.8) is 0 Å². The lowest BCUT2D eigenvalue weighted by molar-refractivity contribution is 0.0539. The van der Waals surface area contributed by atoms with Crippen LogP contribution in [0.3, 0.4) is 0 Å². The van der Waals surface area contributed by atoms with E-state index in [0.29, 0.717) is 12.0 Å². The van der Waals surface area contributed by atoms with Gasteiger partial charge in [0.05, 0.1) is 17.7 Å². The van der Waals surface area contributed by atoms with E-state index in [-0.39, 0.29) is 12.0 Å². The molecule has 3 heteroatoms. The molecule has 0 radical (unpaired) electrons. The van der Waals surface area contributed by atoms with Gasteiger partial charge in [0.1, 0.15) is 0 Å². The summed E-state index contributed by atoms with van der Waals surface area (Å²) in [4.78, 5) is 0. The van der Waals surface area contributed by atoms with Crippen molar-refractivity contribution < 1.29 is 4.74 Å². The number of hydrogen-bond donors (Lipinski definition) is 1. The van der Waals surface area contributed by atoms with Crippen molar-refractivity contribution in [2.45, 2.75) is 18.9 Å². The molecule has 0 heterocycles. The van der Waals surface area contributed by atoms with Crippen molar-refractivity contribution in [2.75, 3.05) is 7.11 Å². The summed E-state index contributed by atoms with van der Waals surface area (Å²) in [5.41, 5.74) is 2.85. The molecule has 22 heavy (non-hydrogen) atoms. The van der Waals surface area contributed by atoms with E-state index in [0.717, 1.165) is 12.0 Å². The summed E-state index contributed by atoms with van der Waals surface area (Å²) in [6.07, 6.45) is 2.79. The summed E-state index contributed by atoms with van der Waals surface area (Å²) < 4.78 is 5.71. The van der Waals surface area contributed by atoms with Crippen LogP contribution in [0.4, 0.5) is 0 Å². The zero-order chi connectivity index (χ0) is 15.8. The highest BCUT2D eigenvalue weighted by Crippen LogP contribution is 2.30. The van der Waals surface area contributed by atoms with Crippen LogP contribution in [0.25, 0.3) is 0 Å². The molecule has 2 atom stereocenters. The highest BCUT2D eigenvalue weighted by atomic mass is 16.5. The number of nitrogens with zero attached hydrogens (tertiary/aromatic N) is 1. The lowest BCUT2D eigenvalue weighted by atomic mass is 9.87. The number of ether oxygens (including phenoxy) is 1. The molecule has 0 aliphatic heterocycles. The zero-order valence-corrected chi connectivity index (χ0v) is 12.7. The summed E-state index contributed by atoms with van der Waals surface area (Å²) in [5.74, 6) is 0.166. The molecule has 2 unspecified atom stereocenters. The van der Waals surface area contributed by atoms with Crippen LogP contribution in [0.1, 0.15) is 29.2 Å². The van der Waals surface area contributed by atoms with Crippen molar-refractivity contribution in [3.8, 4) is 6.07 Å². The molecule has 0 aliphatic carbocycles. The summed E-state index contributed by atoms with van der Waals surface area (Å²) in [5, 5.41) is 16.5. The van der Waals surface area contributed by atoms with Crippen LogP contribution in [0.5, 0.6) is 0 Å². The third-order valence-electron chi connectivity index (χ3n) is 3.79. The van der Waals surface area contributed by atoms with Gasteiger partial charge in [0.15, 0.2) is 0 Å². The molecule has 3 nitrogen and oxygen atoms in total. The van der Waals surface area contributed by atoms with Crippen molar-refractivity contribution in [3.05, 3.63) is 71.3 Å². The Morgan fingerprint density at radius 3 is 2.59 bits per heavy atom. The molecule has 0 saturated carbocycles. The second-order valence-corrected chi connectivity index (χ2v) is 5.28. The van der Waals surface area contributed by atoms with E-state index in [1.807, 2.05) is 36.4 Å². The first-order chi connectivity index (χ1) is 10.8. The number of nitrogens with one attached hydrogen (secondary N) is 1. The second-order valence-electron chi connectivity index (χ2n) is 5.28. The van der Waals surface area contributed by atoms with Crippen molar-refractivity contribution in [1.82, 2.24) is 0 Å². The molecular formula is C19H20N2O. The van der Waals surface area contributed by atoms with Gasteiger partial charge in [-0.15, -0.1) is 0 Å². The van der Waals surface area contributed by atoms with E-state index in [1.165, 1.54) is 11.8 Å². The van der Waals surface area contributed by atoms with Crippen molar-refractivity contribution >= 4 is 6.21 Å². The number of benzene rings is 2. The van der Waals surface area contributed by atoms with Gasteiger partial charge in [0.2, 0.25) is 0 Å². The van der Waals surface area contributed by atoms with Crippen LogP contribution in [0.2, 0.25) is 0 Å². The van der Waals surface area contributed by atoms with Gasteiger partial charge in [-0.2, -0.15) is 5.26 Å². The van der Waals surface area contributed by atoms with E-state index >= 15 is 0 Å². The summed E-state index contributed by atoms with van der Waals surface area (Å²) >= 11 is 0. The fraction of sp³-hybridized carbons (Fsp3) is 0.263. The molecule has 2 rings (SSSR count). The van der Waals surface area contributed by atoms with E-state index in [2.05, 4.69) is 18.2 Å². The Morgan fingerprint density at radius 1 is 1.18 bits per heavy atom. The predicted molar refractivity (Wildman–Crippen MR) is 87.9 cm³/mol. The maximum absolute atomic E-state index is 9.07. The van der Waals surface area contributed by atoms with Gasteiger partial charge in [-0.25, -0.2) is 0 Å². The number of nitriles is 1. The molecule has 1 N–H and O–H groups in total. The van der Waals surface area contributed by atoms with E-state index < -0.39 is 0 Å². The minimum Gasteiger partial charge on any atom is -0.376 e. The topological polar surface area (TPSA) is 56.9 Å². The predicted octanol–water partition coefficient (Wildman–Crippen LogP) is 4.14. The van der Waals surface area contributed by atoms with Gasteiger partial charge in [0.25, 0.3) is 0 Å². The van der Waals surface area contributed by atoms with E-state index in [9.17, 15) is 0 Å². The summed E-state index contributed by atoms with van der Waals surface area (Å²) in [6, 6.07) is 19.9. The Bertz CT molecular complexity index is 646. The Hall–Kier alpha value is -2.44. The zero-order valence-electron chi connectivity index (χ0n) is 12.7. The Balaban J connectivity index is 2.27. The average Bonchev–Trinajstić information content (AvgIpc) is 2.57. The minimum atomic E-state index is -0.130. The standard InChI is InChI=1S/C19H20N2O/c1-22-19(17-9-5-8-16(13-17)14-21)18(10-11-20)12-15-6-3-2-4-7-15/h2-9,11,13,18-20H,10,12H2,1H3. The fourth-order valence-electron chi connectivity index (χ4n) is 2.77. The highest BCUT2D eigenvalue weighted by Gasteiger charge is 2.23. The van der Waals surface area contributed by atoms with Crippen LogP contribution >= 0.6 is 0 Å². The molecular weight excluding hydrogens is 272 g/mol. The van der Waals surface area contributed by atoms with Gasteiger partial charge in [-0.05, 0) is 48.2 Å². The maximum atomic E-state index is 9.07. The van der Waals surface area contributed by atoms with Crippen LogP contribution in [0, 0.1) is 22.7 Å². The smallest absolute Gasteiger partial charge is 0.0991 e. The number of methoxy groups -OCH3 is 1. The summed E-state index contributed by atoms with van der Waals surface area (Å²) in [6.45, 7) is 0. The van der Waals surface area contributed by atoms with Crippen LogP contribution in [0.15, 0.2) is 54.6 Å². The average molecular weight is 292 g/mol. The molecule has 0 aromatic heterocycles. The fourth-order valence-corrected chi connectivity index (χ4v) is 2.77. The van der Waals surface area contributed by atoms with Gasteiger partial charge in [-0.3, -0.25) is 0 Å². The minimum absolute atomic E-state index is 0.130.